The monoisotopic (exact) mass is 368 g/mol. The standard InChI is InChI=1S/C19H14Cl2N4/c1-25-11-15(14-4-2-3-5-16(14)25)19-18(24-23-17(10-20)22-19)12-6-8-13(21)9-7-12/h2-9,11H,10H2,1H3. The van der Waals surface area contributed by atoms with Crippen molar-refractivity contribution in [2.24, 2.45) is 7.05 Å². The molecule has 2 heterocycles. The van der Waals surface area contributed by atoms with E-state index < -0.39 is 0 Å². The molecule has 0 saturated heterocycles. The van der Waals surface area contributed by atoms with Crippen molar-refractivity contribution in [3.8, 4) is 22.5 Å². The van der Waals surface area contributed by atoms with Gasteiger partial charge in [-0.3, -0.25) is 0 Å². The van der Waals surface area contributed by atoms with Crippen molar-refractivity contribution < 1.29 is 0 Å². The van der Waals surface area contributed by atoms with Crippen LogP contribution in [0.5, 0.6) is 0 Å². The first kappa shape index (κ1) is 16.1. The summed E-state index contributed by atoms with van der Waals surface area (Å²) in [5, 5.41) is 10.3. The minimum Gasteiger partial charge on any atom is -0.350 e. The highest BCUT2D eigenvalue weighted by Crippen LogP contribution is 2.34. The van der Waals surface area contributed by atoms with E-state index in [1.54, 1.807) is 0 Å². The van der Waals surface area contributed by atoms with Gasteiger partial charge in [-0.05, 0) is 18.2 Å². The van der Waals surface area contributed by atoms with E-state index in [2.05, 4.69) is 38.1 Å². The molecule has 2 aromatic carbocycles. The van der Waals surface area contributed by atoms with Crippen molar-refractivity contribution in [2.75, 3.05) is 0 Å². The maximum atomic E-state index is 6.01. The highest BCUT2D eigenvalue weighted by molar-refractivity contribution is 6.30. The van der Waals surface area contributed by atoms with E-state index in [9.17, 15) is 0 Å². The Hall–Kier alpha value is -2.43. The second-order valence-corrected chi connectivity index (χ2v) is 6.44. The highest BCUT2D eigenvalue weighted by Gasteiger charge is 2.17. The van der Waals surface area contributed by atoms with Gasteiger partial charge in [-0.25, -0.2) is 4.98 Å². The van der Waals surface area contributed by atoms with E-state index in [1.165, 1.54) is 0 Å². The summed E-state index contributed by atoms with van der Waals surface area (Å²) in [4.78, 5) is 4.67. The summed E-state index contributed by atoms with van der Waals surface area (Å²) in [6.45, 7) is 0. The number of hydrogen-bond donors (Lipinski definition) is 0. The van der Waals surface area contributed by atoms with Crippen LogP contribution in [-0.2, 0) is 12.9 Å². The summed E-state index contributed by atoms with van der Waals surface area (Å²) >= 11 is 12.0. The largest absolute Gasteiger partial charge is 0.350 e. The minimum atomic E-state index is 0.214. The average molecular weight is 369 g/mol. The average Bonchev–Trinajstić information content (AvgIpc) is 2.99. The van der Waals surface area contributed by atoms with Crippen LogP contribution in [0.3, 0.4) is 0 Å². The van der Waals surface area contributed by atoms with Gasteiger partial charge in [0.05, 0.1) is 5.88 Å². The van der Waals surface area contributed by atoms with Gasteiger partial charge in [0, 0.05) is 40.3 Å². The van der Waals surface area contributed by atoms with E-state index in [0.717, 1.165) is 27.7 Å². The van der Waals surface area contributed by atoms with Gasteiger partial charge in [-0.15, -0.1) is 21.8 Å². The molecule has 0 aliphatic carbocycles. The lowest BCUT2D eigenvalue weighted by molar-refractivity contribution is 0.904. The molecule has 124 valence electrons. The first-order chi connectivity index (χ1) is 12.2. The fourth-order valence-corrected chi connectivity index (χ4v) is 3.18. The number of halogens is 2. The molecule has 6 heteroatoms. The maximum absolute atomic E-state index is 6.01. The van der Waals surface area contributed by atoms with Crippen LogP contribution in [0.2, 0.25) is 5.02 Å². The van der Waals surface area contributed by atoms with Crippen LogP contribution in [0, 0.1) is 0 Å². The normalized spacial score (nSPS) is 11.2. The first-order valence-corrected chi connectivity index (χ1v) is 8.68. The van der Waals surface area contributed by atoms with Gasteiger partial charge in [0.25, 0.3) is 0 Å². The number of fused-ring (bicyclic) bond motifs is 1. The van der Waals surface area contributed by atoms with E-state index in [4.69, 9.17) is 23.2 Å². The molecule has 2 aromatic heterocycles. The summed E-state index contributed by atoms with van der Waals surface area (Å²) in [5.74, 6) is 0.716. The molecule has 0 saturated carbocycles. The fraction of sp³-hybridized carbons (Fsp3) is 0.105. The molecule has 0 spiro atoms. The predicted octanol–water partition coefficient (Wildman–Crippen LogP) is 5.09. The molecule has 25 heavy (non-hydrogen) atoms. The Morgan fingerprint density at radius 1 is 0.960 bits per heavy atom. The van der Waals surface area contributed by atoms with Gasteiger partial charge in [-0.2, -0.15) is 0 Å². The van der Waals surface area contributed by atoms with Crippen LogP contribution in [0.25, 0.3) is 33.4 Å². The molecule has 4 rings (SSSR count). The van der Waals surface area contributed by atoms with E-state index in [0.29, 0.717) is 16.5 Å². The molecule has 0 radical (unpaired) electrons. The Morgan fingerprint density at radius 2 is 1.72 bits per heavy atom. The molecule has 0 unspecified atom stereocenters. The molecule has 0 aliphatic heterocycles. The van der Waals surface area contributed by atoms with Gasteiger partial charge < -0.3 is 4.57 Å². The maximum Gasteiger partial charge on any atom is 0.166 e. The zero-order valence-corrected chi connectivity index (χ0v) is 15.0. The quantitative estimate of drug-likeness (QED) is 0.473. The zero-order chi connectivity index (χ0) is 17.4. The molecule has 0 aliphatic rings. The molecular weight excluding hydrogens is 355 g/mol. The second kappa shape index (κ2) is 6.47. The van der Waals surface area contributed by atoms with Crippen molar-refractivity contribution in [3.05, 3.63) is 65.6 Å². The molecule has 0 amide bonds. The predicted molar refractivity (Wildman–Crippen MR) is 102 cm³/mol. The van der Waals surface area contributed by atoms with Crippen molar-refractivity contribution >= 4 is 34.1 Å². The smallest absolute Gasteiger partial charge is 0.166 e. The van der Waals surface area contributed by atoms with Crippen LogP contribution in [0.1, 0.15) is 5.82 Å². The number of para-hydroxylation sites is 1. The van der Waals surface area contributed by atoms with Crippen molar-refractivity contribution in [1.29, 1.82) is 0 Å². The molecule has 0 bridgehead atoms. The Kier molecular flexibility index (Phi) is 4.15. The SMILES string of the molecule is Cn1cc(-c2nc(CCl)nnc2-c2ccc(Cl)cc2)c2ccccc21. The lowest BCUT2D eigenvalue weighted by Crippen LogP contribution is -2.01. The van der Waals surface area contributed by atoms with Crippen LogP contribution >= 0.6 is 23.2 Å². The van der Waals surface area contributed by atoms with E-state index in [-0.39, 0.29) is 5.88 Å². The third kappa shape index (κ3) is 2.88. The van der Waals surface area contributed by atoms with Gasteiger partial charge >= 0.3 is 0 Å². The van der Waals surface area contributed by atoms with Crippen LogP contribution < -0.4 is 0 Å². The molecule has 0 N–H and O–H groups in total. The summed E-state index contributed by atoms with van der Waals surface area (Å²) in [7, 11) is 2.02. The Balaban J connectivity index is 2.00. The van der Waals surface area contributed by atoms with Crippen LogP contribution in [-0.4, -0.2) is 19.7 Å². The van der Waals surface area contributed by atoms with Gasteiger partial charge in [-0.1, -0.05) is 41.9 Å². The summed E-state index contributed by atoms with van der Waals surface area (Å²) in [5.41, 5.74) is 4.52. The molecule has 0 atom stereocenters. The summed E-state index contributed by atoms with van der Waals surface area (Å²) in [6, 6.07) is 15.7. The first-order valence-electron chi connectivity index (χ1n) is 7.77. The summed E-state index contributed by atoms with van der Waals surface area (Å²) < 4.78 is 2.08. The Morgan fingerprint density at radius 3 is 2.48 bits per heavy atom. The van der Waals surface area contributed by atoms with Gasteiger partial charge in [0.15, 0.2) is 5.82 Å². The summed E-state index contributed by atoms with van der Waals surface area (Å²) in [6.07, 6.45) is 2.06. The van der Waals surface area contributed by atoms with Gasteiger partial charge in [0.2, 0.25) is 0 Å². The van der Waals surface area contributed by atoms with Crippen LogP contribution in [0.4, 0.5) is 0 Å². The Bertz CT molecular complexity index is 1050. The third-order valence-corrected chi connectivity index (χ3v) is 4.61. The number of alkyl halides is 1. The number of benzene rings is 2. The van der Waals surface area contributed by atoms with Gasteiger partial charge in [0.1, 0.15) is 11.4 Å². The van der Waals surface area contributed by atoms with Crippen LogP contribution in [0.15, 0.2) is 54.7 Å². The topological polar surface area (TPSA) is 43.6 Å². The molecule has 0 fully saturated rings. The minimum absolute atomic E-state index is 0.214. The van der Waals surface area contributed by atoms with E-state index >= 15 is 0 Å². The number of rotatable bonds is 3. The number of aromatic nitrogens is 4. The number of hydrogen-bond acceptors (Lipinski definition) is 3. The second-order valence-electron chi connectivity index (χ2n) is 5.74. The Labute approximate surface area is 155 Å². The lowest BCUT2D eigenvalue weighted by Gasteiger charge is -2.08. The van der Waals surface area contributed by atoms with Crippen molar-refractivity contribution in [2.45, 2.75) is 5.88 Å². The number of nitrogens with zero attached hydrogens (tertiary/aromatic N) is 4. The lowest BCUT2D eigenvalue weighted by atomic mass is 10.0. The molecule has 4 nitrogen and oxygen atoms in total. The molecule has 4 aromatic rings. The van der Waals surface area contributed by atoms with E-state index in [1.807, 2.05) is 43.4 Å². The van der Waals surface area contributed by atoms with Crippen molar-refractivity contribution in [3.63, 3.8) is 0 Å². The number of aryl methyl sites for hydroxylation is 1. The fourth-order valence-electron chi connectivity index (χ4n) is 2.94. The highest BCUT2D eigenvalue weighted by atomic mass is 35.5. The third-order valence-electron chi connectivity index (χ3n) is 4.12. The zero-order valence-electron chi connectivity index (χ0n) is 13.4. The molecular formula is C19H14Cl2N4. The van der Waals surface area contributed by atoms with Crippen molar-refractivity contribution in [1.82, 2.24) is 19.7 Å².